The number of fused-ring (bicyclic) bond motifs is 3. The highest BCUT2D eigenvalue weighted by atomic mass is 15.1. The Morgan fingerprint density at radius 3 is 1.83 bits per heavy atom. The van der Waals surface area contributed by atoms with Crippen molar-refractivity contribution in [2.45, 2.75) is 26.4 Å². The topological polar surface area (TPSA) is 3.24 Å². The van der Waals surface area contributed by atoms with Gasteiger partial charge in [0.15, 0.2) is 0 Å². The molecule has 92 valence electrons. The molecule has 0 atom stereocenters. The summed E-state index contributed by atoms with van der Waals surface area (Å²) in [6.07, 6.45) is 1.21. The third kappa shape index (κ3) is 2.06. The van der Waals surface area contributed by atoms with E-state index in [0.29, 0.717) is 0 Å². The highest BCUT2D eigenvalue weighted by Crippen LogP contribution is 2.32. The molecule has 0 radical (unpaired) electrons. The van der Waals surface area contributed by atoms with Crippen molar-refractivity contribution in [3.8, 4) is 11.1 Å². The lowest BCUT2D eigenvalue weighted by Crippen LogP contribution is -2.22. The minimum atomic E-state index is 1.07. The molecule has 1 nitrogen and oxygen atoms in total. The third-order valence-electron chi connectivity index (χ3n) is 3.65. The molecule has 0 fully saturated rings. The molecular weight excluding hydrogens is 218 g/mol. The molecule has 18 heavy (non-hydrogen) atoms. The van der Waals surface area contributed by atoms with Crippen LogP contribution in [0.15, 0.2) is 48.5 Å². The number of rotatable bonds is 2. The van der Waals surface area contributed by atoms with Crippen LogP contribution in [0.4, 0.5) is 0 Å². The Kier molecular flexibility index (Phi) is 3.16. The van der Waals surface area contributed by atoms with Crippen LogP contribution in [0.2, 0.25) is 0 Å². The van der Waals surface area contributed by atoms with Crippen LogP contribution < -0.4 is 0 Å². The molecule has 0 bridgehead atoms. The van der Waals surface area contributed by atoms with Gasteiger partial charge in [0.25, 0.3) is 0 Å². The average molecular weight is 237 g/mol. The molecule has 0 N–H and O–H groups in total. The zero-order valence-electron chi connectivity index (χ0n) is 10.9. The van der Waals surface area contributed by atoms with Gasteiger partial charge in [-0.25, -0.2) is 0 Å². The molecule has 3 rings (SSSR count). The maximum absolute atomic E-state index is 2.55. The summed E-state index contributed by atoms with van der Waals surface area (Å²) in [6.45, 7) is 5.56. The second-order valence-electron chi connectivity index (χ2n) is 5.02. The highest BCUT2D eigenvalue weighted by Gasteiger charge is 2.17. The Labute approximate surface area is 109 Å². The first-order valence-corrected chi connectivity index (χ1v) is 6.77. The zero-order chi connectivity index (χ0) is 12.4. The molecule has 1 heterocycles. The molecule has 1 heteroatoms. The van der Waals surface area contributed by atoms with Crippen molar-refractivity contribution in [2.75, 3.05) is 6.54 Å². The minimum Gasteiger partial charge on any atom is -0.295 e. The molecule has 0 spiro atoms. The summed E-state index contributed by atoms with van der Waals surface area (Å²) in [5.74, 6) is 0. The molecule has 2 aromatic carbocycles. The first-order chi connectivity index (χ1) is 8.88. The summed E-state index contributed by atoms with van der Waals surface area (Å²) in [5, 5.41) is 0. The Morgan fingerprint density at radius 1 is 0.833 bits per heavy atom. The van der Waals surface area contributed by atoms with Gasteiger partial charge in [-0.15, -0.1) is 0 Å². The van der Waals surface area contributed by atoms with Crippen molar-refractivity contribution in [1.82, 2.24) is 4.90 Å². The van der Waals surface area contributed by atoms with E-state index < -0.39 is 0 Å². The van der Waals surface area contributed by atoms with Gasteiger partial charge in [-0.2, -0.15) is 0 Å². The van der Waals surface area contributed by atoms with Gasteiger partial charge in [0, 0.05) is 13.1 Å². The van der Waals surface area contributed by atoms with E-state index in [1.807, 2.05) is 0 Å². The summed E-state index contributed by atoms with van der Waals surface area (Å²) < 4.78 is 0. The standard InChI is InChI=1S/C17H19N/c1-2-11-18-12-14-7-3-5-9-16(14)17-10-6-4-8-15(17)13-18/h3-10H,2,11-13H2,1H3. The van der Waals surface area contributed by atoms with Crippen molar-refractivity contribution in [2.24, 2.45) is 0 Å². The fourth-order valence-corrected chi connectivity index (χ4v) is 2.85. The van der Waals surface area contributed by atoms with Crippen LogP contribution in [0.25, 0.3) is 11.1 Å². The van der Waals surface area contributed by atoms with E-state index in [1.54, 1.807) is 0 Å². The largest absolute Gasteiger partial charge is 0.295 e. The smallest absolute Gasteiger partial charge is 0.0243 e. The summed E-state index contributed by atoms with van der Waals surface area (Å²) in [5.41, 5.74) is 5.73. The monoisotopic (exact) mass is 237 g/mol. The van der Waals surface area contributed by atoms with Crippen molar-refractivity contribution in [1.29, 1.82) is 0 Å². The molecule has 0 amide bonds. The van der Waals surface area contributed by atoms with E-state index in [1.165, 1.54) is 35.2 Å². The maximum Gasteiger partial charge on any atom is 0.0243 e. The van der Waals surface area contributed by atoms with Crippen molar-refractivity contribution in [3.63, 3.8) is 0 Å². The van der Waals surface area contributed by atoms with Crippen molar-refractivity contribution < 1.29 is 0 Å². The van der Waals surface area contributed by atoms with E-state index in [0.717, 1.165) is 13.1 Å². The molecule has 2 aromatic rings. The first-order valence-electron chi connectivity index (χ1n) is 6.77. The molecule has 0 unspecified atom stereocenters. The summed E-state index contributed by atoms with van der Waals surface area (Å²) in [6, 6.07) is 17.6. The zero-order valence-corrected chi connectivity index (χ0v) is 10.9. The average Bonchev–Trinajstić information content (AvgIpc) is 2.55. The molecule has 0 aromatic heterocycles. The highest BCUT2D eigenvalue weighted by molar-refractivity contribution is 5.71. The van der Waals surface area contributed by atoms with Gasteiger partial charge >= 0.3 is 0 Å². The maximum atomic E-state index is 2.55. The molecular formula is C17H19N. The van der Waals surface area contributed by atoms with Gasteiger partial charge in [0.2, 0.25) is 0 Å². The number of hydrogen-bond acceptors (Lipinski definition) is 1. The van der Waals surface area contributed by atoms with Crippen LogP contribution in [0.3, 0.4) is 0 Å². The molecule has 1 aliphatic rings. The van der Waals surface area contributed by atoms with Gasteiger partial charge in [-0.1, -0.05) is 55.5 Å². The van der Waals surface area contributed by atoms with E-state index in [9.17, 15) is 0 Å². The predicted octanol–water partition coefficient (Wildman–Crippen LogP) is 4.08. The predicted molar refractivity (Wildman–Crippen MR) is 76.3 cm³/mol. The Hall–Kier alpha value is -1.60. The van der Waals surface area contributed by atoms with Crippen LogP contribution in [0.1, 0.15) is 24.5 Å². The molecule has 0 saturated heterocycles. The number of hydrogen-bond donors (Lipinski definition) is 0. The number of benzene rings is 2. The van der Waals surface area contributed by atoms with Crippen LogP contribution in [0, 0.1) is 0 Å². The van der Waals surface area contributed by atoms with Crippen LogP contribution in [-0.2, 0) is 13.1 Å². The van der Waals surface area contributed by atoms with Gasteiger partial charge in [-0.3, -0.25) is 4.90 Å². The quantitative estimate of drug-likeness (QED) is 0.760. The Morgan fingerprint density at radius 2 is 1.33 bits per heavy atom. The van der Waals surface area contributed by atoms with E-state index >= 15 is 0 Å². The summed E-state index contributed by atoms with van der Waals surface area (Å²) >= 11 is 0. The fraction of sp³-hybridized carbons (Fsp3) is 0.294. The van der Waals surface area contributed by atoms with E-state index in [2.05, 4.69) is 60.4 Å². The summed E-state index contributed by atoms with van der Waals surface area (Å²) in [4.78, 5) is 2.55. The Bertz CT molecular complexity index is 497. The van der Waals surface area contributed by atoms with Gasteiger partial charge in [-0.05, 0) is 35.2 Å². The van der Waals surface area contributed by atoms with Gasteiger partial charge in [0.05, 0.1) is 0 Å². The SMILES string of the molecule is CCCN1Cc2ccccc2-c2ccccc2C1. The Balaban J connectivity index is 2.12. The number of nitrogens with zero attached hydrogens (tertiary/aromatic N) is 1. The normalized spacial score (nSPS) is 14.7. The van der Waals surface area contributed by atoms with Gasteiger partial charge in [0.1, 0.15) is 0 Å². The van der Waals surface area contributed by atoms with Crippen molar-refractivity contribution in [3.05, 3.63) is 59.7 Å². The minimum absolute atomic E-state index is 1.07. The first kappa shape index (κ1) is 11.5. The lowest BCUT2D eigenvalue weighted by Gasteiger charge is -2.19. The second kappa shape index (κ2) is 4.95. The molecule has 0 saturated carbocycles. The lowest BCUT2D eigenvalue weighted by molar-refractivity contribution is 0.260. The molecule has 0 aliphatic carbocycles. The third-order valence-corrected chi connectivity index (χ3v) is 3.65. The van der Waals surface area contributed by atoms with Crippen molar-refractivity contribution >= 4 is 0 Å². The molecule has 1 aliphatic heterocycles. The van der Waals surface area contributed by atoms with E-state index in [-0.39, 0.29) is 0 Å². The van der Waals surface area contributed by atoms with Gasteiger partial charge < -0.3 is 0 Å². The van der Waals surface area contributed by atoms with Crippen LogP contribution in [-0.4, -0.2) is 11.4 Å². The van der Waals surface area contributed by atoms with Crippen LogP contribution >= 0.6 is 0 Å². The second-order valence-corrected chi connectivity index (χ2v) is 5.02. The summed E-state index contributed by atoms with van der Waals surface area (Å²) in [7, 11) is 0. The van der Waals surface area contributed by atoms with E-state index in [4.69, 9.17) is 0 Å². The van der Waals surface area contributed by atoms with Crippen LogP contribution in [0.5, 0.6) is 0 Å². The fourth-order valence-electron chi connectivity index (χ4n) is 2.85. The lowest BCUT2D eigenvalue weighted by atomic mass is 9.97.